The van der Waals surface area contributed by atoms with Crippen molar-refractivity contribution >= 4 is 30.1 Å². The number of nitrogens with zero attached hydrogens (tertiary/aromatic N) is 1. The summed E-state index contributed by atoms with van der Waals surface area (Å²) in [4.78, 5) is 59.8. The number of hydrogen-bond donors (Lipinski definition) is 2. The van der Waals surface area contributed by atoms with Crippen LogP contribution in [0.1, 0.15) is 87.9 Å². The van der Waals surface area contributed by atoms with Crippen LogP contribution in [0, 0.1) is 17.8 Å². The number of esters is 1. The minimum Gasteiger partial charge on any atom is -0.494 e. The number of rotatable bonds is 13. The van der Waals surface area contributed by atoms with Gasteiger partial charge in [0.25, 0.3) is 5.91 Å². The molecule has 2 N–H and O–H groups in total. The van der Waals surface area contributed by atoms with Crippen molar-refractivity contribution in [2.45, 2.75) is 83.1 Å². The van der Waals surface area contributed by atoms with Crippen LogP contribution in [-0.4, -0.2) is 67.8 Å². The number of amides is 4. The third-order valence-corrected chi connectivity index (χ3v) is 7.99. The second kappa shape index (κ2) is 15.5. The van der Waals surface area contributed by atoms with Crippen molar-refractivity contribution in [3.05, 3.63) is 29.8 Å². The molecule has 0 saturated heterocycles. The van der Waals surface area contributed by atoms with Crippen molar-refractivity contribution in [3.63, 3.8) is 0 Å². The van der Waals surface area contributed by atoms with E-state index in [2.05, 4.69) is 17.6 Å². The van der Waals surface area contributed by atoms with Crippen LogP contribution in [-0.2, 0) is 19.1 Å². The summed E-state index contributed by atoms with van der Waals surface area (Å²) in [6.07, 6.45) is 10.6. The van der Waals surface area contributed by atoms with Crippen LogP contribution < -0.4 is 15.4 Å². The average molecular weight is 572 g/mol. The molecule has 226 valence electrons. The Balaban J connectivity index is 0.000000850. The molecular formula is C31H45N3O7. The van der Waals surface area contributed by atoms with E-state index in [-0.39, 0.29) is 24.2 Å². The third-order valence-electron chi connectivity index (χ3n) is 7.99. The van der Waals surface area contributed by atoms with Crippen molar-refractivity contribution in [1.82, 2.24) is 15.5 Å². The van der Waals surface area contributed by atoms with Gasteiger partial charge in [-0.1, -0.05) is 19.8 Å². The number of Topliss-reactive ketones (excluding diaryl/α,β-unsaturated/α-hetero) is 1. The predicted molar refractivity (Wildman–Crippen MR) is 153 cm³/mol. The Bertz CT molecular complexity index is 1020. The lowest BCUT2D eigenvalue weighted by molar-refractivity contribution is -0.148. The second-order valence-corrected chi connectivity index (χ2v) is 11.9. The highest BCUT2D eigenvalue weighted by Crippen LogP contribution is 2.55. The molecule has 10 nitrogen and oxygen atoms in total. The standard InChI is InChI=1S/C28H38N2O6.C3H7NO/c1-2-3-4-11-35-23-7-5-22(6-8-23)24(31)9-10-26(33)36-18-25(32)29-27(34)30-28-15-19-12-20(16-28)14-21(13-19)17-28;1-4(2)3-5/h5-8,19-21H,2-4,9-18H2,1H3,(H2,29,30,32,34);3H,1-2H3. The fourth-order valence-corrected chi connectivity index (χ4v) is 6.56. The lowest BCUT2D eigenvalue weighted by Crippen LogP contribution is -2.62. The molecule has 0 spiro atoms. The topological polar surface area (TPSA) is 131 Å². The van der Waals surface area contributed by atoms with Crippen molar-refractivity contribution in [1.29, 1.82) is 0 Å². The Morgan fingerprint density at radius 3 is 2.07 bits per heavy atom. The molecule has 0 atom stereocenters. The van der Waals surface area contributed by atoms with Gasteiger partial charge in [0.1, 0.15) is 5.75 Å². The highest BCUT2D eigenvalue weighted by atomic mass is 16.5. The summed E-state index contributed by atoms with van der Waals surface area (Å²) >= 11 is 0. The van der Waals surface area contributed by atoms with E-state index in [9.17, 15) is 24.0 Å². The van der Waals surface area contributed by atoms with Gasteiger partial charge in [0.05, 0.1) is 13.0 Å². The molecule has 4 saturated carbocycles. The Morgan fingerprint density at radius 2 is 1.54 bits per heavy atom. The molecule has 4 bridgehead atoms. The average Bonchev–Trinajstić information content (AvgIpc) is 2.92. The van der Waals surface area contributed by atoms with E-state index in [0.29, 0.717) is 35.7 Å². The number of urea groups is 1. The summed E-state index contributed by atoms with van der Waals surface area (Å²) in [7, 11) is 3.38. The zero-order chi connectivity index (χ0) is 29.8. The van der Waals surface area contributed by atoms with Gasteiger partial charge in [-0.25, -0.2) is 4.79 Å². The zero-order valence-electron chi connectivity index (χ0n) is 24.6. The molecule has 4 aliphatic carbocycles. The van der Waals surface area contributed by atoms with Crippen LogP contribution in [0.3, 0.4) is 0 Å². The molecule has 0 aromatic heterocycles. The molecule has 4 amide bonds. The van der Waals surface area contributed by atoms with Crippen LogP contribution in [0.4, 0.5) is 4.79 Å². The van der Waals surface area contributed by atoms with Gasteiger partial charge < -0.3 is 19.7 Å². The van der Waals surface area contributed by atoms with E-state index >= 15 is 0 Å². The van der Waals surface area contributed by atoms with Gasteiger partial charge in [-0.2, -0.15) is 0 Å². The van der Waals surface area contributed by atoms with E-state index in [1.54, 1.807) is 38.4 Å². The van der Waals surface area contributed by atoms with Gasteiger partial charge in [0.2, 0.25) is 6.41 Å². The lowest BCUT2D eigenvalue weighted by atomic mass is 9.53. The maximum atomic E-state index is 12.4. The predicted octanol–water partition coefficient (Wildman–Crippen LogP) is 4.26. The number of imide groups is 1. The minimum absolute atomic E-state index is 0.0241. The Hall–Kier alpha value is -3.43. The highest BCUT2D eigenvalue weighted by molar-refractivity contribution is 5.98. The van der Waals surface area contributed by atoms with E-state index in [1.807, 2.05) is 0 Å². The summed E-state index contributed by atoms with van der Waals surface area (Å²) in [6.45, 7) is 2.23. The fourth-order valence-electron chi connectivity index (χ4n) is 6.56. The quantitative estimate of drug-likeness (QED) is 0.157. The van der Waals surface area contributed by atoms with Gasteiger partial charge in [-0.05, 0) is 87.0 Å². The molecule has 4 aliphatic rings. The normalized spacial score (nSPS) is 23.4. The smallest absolute Gasteiger partial charge is 0.321 e. The minimum atomic E-state index is -0.675. The molecule has 10 heteroatoms. The van der Waals surface area contributed by atoms with Crippen LogP contribution in [0.15, 0.2) is 24.3 Å². The van der Waals surface area contributed by atoms with E-state index < -0.39 is 24.5 Å². The molecule has 5 rings (SSSR count). The molecule has 0 radical (unpaired) electrons. The molecule has 0 aliphatic heterocycles. The van der Waals surface area contributed by atoms with Crippen molar-refractivity contribution in [3.8, 4) is 5.75 Å². The fraction of sp³-hybridized carbons (Fsp3) is 0.645. The molecule has 41 heavy (non-hydrogen) atoms. The first kappa shape index (κ1) is 32.1. The van der Waals surface area contributed by atoms with Gasteiger partial charge in [0.15, 0.2) is 12.4 Å². The second-order valence-electron chi connectivity index (χ2n) is 11.9. The summed E-state index contributed by atoms with van der Waals surface area (Å²) in [5.41, 5.74) is 0.290. The first-order valence-corrected chi connectivity index (χ1v) is 14.8. The monoisotopic (exact) mass is 571 g/mol. The number of benzene rings is 1. The summed E-state index contributed by atoms with van der Waals surface area (Å²) in [5.74, 6) is 1.22. The molecule has 1 aromatic rings. The van der Waals surface area contributed by atoms with E-state index in [1.165, 1.54) is 24.2 Å². The zero-order valence-corrected chi connectivity index (χ0v) is 24.6. The molecule has 1 aromatic carbocycles. The Kier molecular flexibility index (Phi) is 12.2. The number of nitrogens with one attached hydrogen (secondary N) is 2. The van der Waals surface area contributed by atoms with Gasteiger partial charge in [-0.15, -0.1) is 0 Å². The largest absolute Gasteiger partial charge is 0.494 e. The van der Waals surface area contributed by atoms with Crippen molar-refractivity contribution in [2.24, 2.45) is 17.8 Å². The number of ether oxygens (including phenoxy) is 2. The maximum Gasteiger partial charge on any atom is 0.321 e. The number of carbonyl (C=O) groups is 5. The molecular weight excluding hydrogens is 526 g/mol. The maximum absolute atomic E-state index is 12.4. The van der Waals surface area contributed by atoms with Crippen LogP contribution in [0.2, 0.25) is 0 Å². The van der Waals surface area contributed by atoms with Gasteiger partial charge >= 0.3 is 12.0 Å². The number of hydrogen-bond acceptors (Lipinski definition) is 7. The van der Waals surface area contributed by atoms with Crippen LogP contribution >= 0.6 is 0 Å². The van der Waals surface area contributed by atoms with Crippen molar-refractivity contribution in [2.75, 3.05) is 27.3 Å². The Labute approximate surface area is 242 Å². The third kappa shape index (κ3) is 10.5. The van der Waals surface area contributed by atoms with Crippen LogP contribution in [0.5, 0.6) is 5.75 Å². The molecule has 0 heterocycles. The SMILES string of the molecule is CCCCCOc1ccc(C(=O)CCC(=O)OCC(=O)NC(=O)NC23CC4CC(CC(C4)C2)C3)cc1.CN(C)C=O. The lowest BCUT2D eigenvalue weighted by Gasteiger charge is -2.56. The highest BCUT2D eigenvalue weighted by Gasteiger charge is 2.51. The number of carbonyl (C=O) groups excluding carboxylic acids is 5. The number of ketones is 1. The van der Waals surface area contributed by atoms with Crippen molar-refractivity contribution < 1.29 is 33.4 Å². The summed E-state index contributed by atoms with van der Waals surface area (Å²) < 4.78 is 10.6. The first-order valence-electron chi connectivity index (χ1n) is 14.8. The summed E-state index contributed by atoms with van der Waals surface area (Å²) in [5, 5.41) is 5.34. The Morgan fingerprint density at radius 1 is 0.951 bits per heavy atom. The van der Waals surface area contributed by atoms with Gasteiger partial charge in [-0.3, -0.25) is 24.5 Å². The van der Waals surface area contributed by atoms with E-state index in [4.69, 9.17) is 9.47 Å². The molecule has 0 unspecified atom stereocenters. The number of unbranched alkanes of at least 4 members (excludes halogenated alkanes) is 2. The van der Waals surface area contributed by atoms with E-state index in [0.717, 1.165) is 44.9 Å². The first-order chi connectivity index (χ1) is 19.6. The molecule has 4 fully saturated rings. The van der Waals surface area contributed by atoms with Crippen LogP contribution in [0.25, 0.3) is 0 Å². The summed E-state index contributed by atoms with van der Waals surface area (Å²) in [6, 6.07) is 6.33. The van der Waals surface area contributed by atoms with Gasteiger partial charge in [0, 0.05) is 31.6 Å².